The van der Waals surface area contributed by atoms with Crippen molar-refractivity contribution in [3.05, 3.63) is 82.1 Å². The van der Waals surface area contributed by atoms with Gasteiger partial charge in [0.15, 0.2) is 5.65 Å². The van der Waals surface area contributed by atoms with Crippen molar-refractivity contribution in [3.63, 3.8) is 0 Å². The average Bonchev–Trinajstić information content (AvgIpc) is 3.27. The fourth-order valence-electron chi connectivity index (χ4n) is 3.07. The Labute approximate surface area is 164 Å². The summed E-state index contributed by atoms with van der Waals surface area (Å²) in [6.45, 7) is 0.646. The topological polar surface area (TPSA) is 56.5 Å². The molecule has 27 heavy (non-hydrogen) atoms. The number of nitrogens with zero attached hydrogens (tertiary/aromatic N) is 5. The third-order valence-corrected chi connectivity index (χ3v) is 5.74. The number of benzene rings is 1. The molecule has 0 aliphatic carbocycles. The van der Waals surface area contributed by atoms with Crippen LogP contribution in [0.15, 0.2) is 60.9 Å². The molecule has 0 saturated heterocycles. The second kappa shape index (κ2) is 6.72. The monoisotopic (exact) mass is 391 g/mol. The van der Waals surface area contributed by atoms with E-state index in [9.17, 15) is 0 Å². The highest BCUT2D eigenvalue weighted by Gasteiger charge is 2.10. The summed E-state index contributed by atoms with van der Waals surface area (Å²) >= 11 is 7.71. The van der Waals surface area contributed by atoms with Gasteiger partial charge in [-0.15, -0.1) is 16.4 Å². The van der Waals surface area contributed by atoms with Crippen molar-refractivity contribution in [2.45, 2.75) is 13.0 Å². The fraction of sp³-hybridized carbons (Fsp3) is 0.100. The van der Waals surface area contributed by atoms with Crippen molar-refractivity contribution in [2.75, 3.05) is 0 Å². The lowest BCUT2D eigenvalue weighted by molar-refractivity contribution is 0.670. The van der Waals surface area contributed by atoms with E-state index in [1.54, 1.807) is 11.3 Å². The summed E-state index contributed by atoms with van der Waals surface area (Å²) in [5.74, 6) is 0. The van der Waals surface area contributed by atoms with E-state index in [2.05, 4.69) is 21.4 Å². The standard InChI is InChI=1S/C20H14ClN5S/c21-15-3-1-13(2-4-15)9-16-5-6-18-20(23-16)26(25-24-18)12-17-10-14-11-22-8-7-19(14)27-17/h1-8,10-11H,9,12H2. The molecular formula is C20H14ClN5S. The predicted molar refractivity (Wildman–Crippen MR) is 108 cm³/mol. The van der Waals surface area contributed by atoms with Crippen molar-refractivity contribution < 1.29 is 0 Å². The molecule has 0 aliphatic rings. The molecule has 0 bridgehead atoms. The van der Waals surface area contributed by atoms with Gasteiger partial charge in [0.2, 0.25) is 0 Å². The van der Waals surface area contributed by atoms with Gasteiger partial charge in [-0.1, -0.05) is 28.9 Å². The predicted octanol–water partition coefficient (Wildman–Crippen LogP) is 4.73. The van der Waals surface area contributed by atoms with Crippen molar-refractivity contribution in [1.82, 2.24) is 25.0 Å². The molecule has 5 rings (SSSR count). The summed E-state index contributed by atoms with van der Waals surface area (Å²) in [6, 6.07) is 16.0. The van der Waals surface area contributed by atoms with Crippen molar-refractivity contribution in [3.8, 4) is 0 Å². The highest BCUT2D eigenvalue weighted by atomic mass is 35.5. The van der Waals surface area contributed by atoms with E-state index in [1.165, 1.54) is 15.1 Å². The van der Waals surface area contributed by atoms with Gasteiger partial charge in [0.05, 0.1) is 6.54 Å². The average molecular weight is 392 g/mol. The van der Waals surface area contributed by atoms with Gasteiger partial charge in [0.1, 0.15) is 5.52 Å². The summed E-state index contributed by atoms with van der Waals surface area (Å²) in [5.41, 5.74) is 3.76. The van der Waals surface area contributed by atoms with Gasteiger partial charge in [-0.05, 0) is 42.0 Å². The van der Waals surface area contributed by atoms with Gasteiger partial charge >= 0.3 is 0 Å². The summed E-state index contributed by atoms with van der Waals surface area (Å²) in [7, 11) is 0. The van der Waals surface area contributed by atoms with Crippen LogP contribution >= 0.6 is 22.9 Å². The zero-order chi connectivity index (χ0) is 18.2. The molecule has 0 N–H and O–H groups in total. The number of halogens is 1. The van der Waals surface area contributed by atoms with Gasteiger partial charge in [-0.25, -0.2) is 9.67 Å². The SMILES string of the molecule is Clc1ccc(Cc2ccc3nnn(Cc4cc5cnccc5s4)c3n2)cc1. The molecule has 0 atom stereocenters. The number of thiophene rings is 1. The molecule has 0 unspecified atom stereocenters. The highest BCUT2D eigenvalue weighted by molar-refractivity contribution is 7.19. The van der Waals surface area contributed by atoms with Gasteiger partial charge < -0.3 is 0 Å². The first kappa shape index (κ1) is 16.4. The summed E-state index contributed by atoms with van der Waals surface area (Å²) in [6.07, 6.45) is 4.45. The Balaban J connectivity index is 1.46. The van der Waals surface area contributed by atoms with E-state index in [4.69, 9.17) is 16.6 Å². The second-order valence-corrected chi connectivity index (χ2v) is 7.93. The Bertz CT molecular complexity index is 1210. The minimum Gasteiger partial charge on any atom is -0.264 e. The number of pyridine rings is 2. The normalized spacial score (nSPS) is 11.4. The molecule has 0 radical (unpaired) electrons. The van der Waals surface area contributed by atoms with Crippen molar-refractivity contribution in [1.29, 1.82) is 0 Å². The Hall–Kier alpha value is -2.83. The van der Waals surface area contributed by atoms with E-state index in [0.29, 0.717) is 6.54 Å². The molecule has 1 aromatic carbocycles. The van der Waals surface area contributed by atoms with Crippen LogP contribution in [0.25, 0.3) is 21.3 Å². The summed E-state index contributed by atoms with van der Waals surface area (Å²) in [5, 5.41) is 10.4. The molecule has 7 heteroatoms. The first-order valence-corrected chi connectivity index (χ1v) is 9.70. The Morgan fingerprint density at radius 2 is 1.93 bits per heavy atom. The molecule has 0 aliphatic heterocycles. The molecule has 0 fully saturated rings. The number of aromatic nitrogens is 5. The van der Waals surface area contributed by atoms with E-state index in [-0.39, 0.29) is 0 Å². The third kappa shape index (κ3) is 3.29. The molecule has 0 amide bonds. The van der Waals surface area contributed by atoms with Crippen LogP contribution in [0.2, 0.25) is 5.02 Å². The number of hydrogen-bond donors (Lipinski definition) is 0. The van der Waals surface area contributed by atoms with E-state index < -0.39 is 0 Å². The van der Waals surface area contributed by atoms with Crippen LogP contribution < -0.4 is 0 Å². The summed E-state index contributed by atoms with van der Waals surface area (Å²) < 4.78 is 3.08. The Morgan fingerprint density at radius 1 is 1.04 bits per heavy atom. The maximum atomic E-state index is 5.97. The fourth-order valence-corrected chi connectivity index (χ4v) is 4.21. The molecule has 132 valence electrons. The number of rotatable bonds is 4. The van der Waals surface area contributed by atoms with E-state index in [1.807, 2.05) is 59.5 Å². The van der Waals surface area contributed by atoms with Crippen molar-refractivity contribution in [2.24, 2.45) is 0 Å². The first-order chi connectivity index (χ1) is 13.2. The molecular weight excluding hydrogens is 378 g/mol. The Morgan fingerprint density at radius 3 is 2.78 bits per heavy atom. The maximum absolute atomic E-state index is 5.97. The Kier molecular flexibility index (Phi) is 4.07. The largest absolute Gasteiger partial charge is 0.264 e. The lowest BCUT2D eigenvalue weighted by atomic mass is 10.1. The summed E-state index contributed by atoms with van der Waals surface area (Å²) in [4.78, 5) is 10.2. The van der Waals surface area contributed by atoms with Crippen LogP contribution in [-0.4, -0.2) is 25.0 Å². The second-order valence-electron chi connectivity index (χ2n) is 6.32. The van der Waals surface area contributed by atoms with Crippen LogP contribution in [0.4, 0.5) is 0 Å². The van der Waals surface area contributed by atoms with Gasteiger partial charge in [-0.2, -0.15) is 0 Å². The lowest BCUT2D eigenvalue weighted by Gasteiger charge is -2.03. The quantitative estimate of drug-likeness (QED) is 0.444. The van der Waals surface area contributed by atoms with Crippen LogP contribution in [-0.2, 0) is 13.0 Å². The van der Waals surface area contributed by atoms with Gasteiger partial charge in [0.25, 0.3) is 0 Å². The third-order valence-electron chi connectivity index (χ3n) is 4.39. The molecule has 4 heterocycles. The molecule has 0 spiro atoms. The van der Waals surface area contributed by atoms with Gasteiger partial charge in [0, 0.05) is 44.5 Å². The lowest BCUT2D eigenvalue weighted by Crippen LogP contribution is -2.02. The molecule has 5 nitrogen and oxygen atoms in total. The minimum absolute atomic E-state index is 0.646. The number of fused-ring (bicyclic) bond motifs is 2. The molecule has 5 aromatic rings. The maximum Gasteiger partial charge on any atom is 0.179 e. The van der Waals surface area contributed by atoms with Crippen molar-refractivity contribution >= 4 is 44.2 Å². The smallest absolute Gasteiger partial charge is 0.179 e. The van der Waals surface area contributed by atoms with Crippen LogP contribution in [0.5, 0.6) is 0 Å². The molecule has 4 aromatic heterocycles. The first-order valence-electron chi connectivity index (χ1n) is 8.51. The minimum atomic E-state index is 0.646. The zero-order valence-corrected chi connectivity index (χ0v) is 15.8. The van der Waals surface area contributed by atoms with Crippen LogP contribution in [0.3, 0.4) is 0 Å². The van der Waals surface area contributed by atoms with E-state index in [0.717, 1.165) is 33.7 Å². The van der Waals surface area contributed by atoms with Crippen LogP contribution in [0, 0.1) is 0 Å². The van der Waals surface area contributed by atoms with Gasteiger partial charge in [-0.3, -0.25) is 4.98 Å². The van der Waals surface area contributed by atoms with E-state index >= 15 is 0 Å². The number of hydrogen-bond acceptors (Lipinski definition) is 5. The highest BCUT2D eigenvalue weighted by Crippen LogP contribution is 2.25. The zero-order valence-electron chi connectivity index (χ0n) is 14.2. The molecule has 0 saturated carbocycles. The van der Waals surface area contributed by atoms with Crippen LogP contribution in [0.1, 0.15) is 16.1 Å².